The highest BCUT2D eigenvalue weighted by Crippen LogP contribution is 2.50. The van der Waals surface area contributed by atoms with Gasteiger partial charge in [-0.1, -0.05) is 42.5 Å². The molecule has 2 aromatic rings. The number of hydrazone groups is 1. The highest BCUT2D eigenvalue weighted by Gasteiger charge is 2.64. The molecule has 214 valence electrons. The van der Waals surface area contributed by atoms with Gasteiger partial charge in [0.2, 0.25) is 11.8 Å². The van der Waals surface area contributed by atoms with E-state index in [1.165, 1.54) is 47.1 Å². The summed E-state index contributed by atoms with van der Waals surface area (Å²) in [6.45, 7) is 3.62. The number of nitrogens with one attached hydrogen (secondary N) is 2. The van der Waals surface area contributed by atoms with Gasteiger partial charge in [0.15, 0.2) is 0 Å². The number of carboxylic acid groups (broad SMARTS) is 1. The van der Waals surface area contributed by atoms with Gasteiger partial charge in [0.25, 0.3) is 0 Å². The molecule has 0 aromatic heterocycles. The number of aromatic hydroxyl groups is 1. The Labute approximate surface area is 239 Å². The third-order valence-corrected chi connectivity index (χ3v) is 8.68. The Morgan fingerprint density at radius 1 is 1.07 bits per heavy atom. The van der Waals surface area contributed by atoms with E-state index in [4.69, 9.17) is 0 Å². The Balaban J connectivity index is 1.30. The van der Waals surface area contributed by atoms with Crippen molar-refractivity contribution in [2.24, 2.45) is 5.10 Å². The first kappa shape index (κ1) is 28.0. The standard InChI is InChI=1S/C27H28N6O7S/c1-27(2)20(24(37)38)33-22(36)19(23(33)41-27)29-21(35)18(16-8-10-17(34)11-9-16)30-25(39)31-12-13-32(26(31)40)28-14-15-6-4-3-5-7-15/h3-11,14,18-20,23,34H,12-13H2,1-2H3,(H,29,35)(H,30,39)(H,37,38)/t18?,19-,20+,23-/m1/s1. The minimum Gasteiger partial charge on any atom is -0.508 e. The van der Waals surface area contributed by atoms with Crippen molar-refractivity contribution in [2.45, 2.75) is 42.1 Å². The van der Waals surface area contributed by atoms with Crippen molar-refractivity contribution in [1.29, 1.82) is 0 Å². The maximum Gasteiger partial charge on any atom is 0.348 e. The van der Waals surface area contributed by atoms with Crippen LogP contribution < -0.4 is 10.6 Å². The van der Waals surface area contributed by atoms with E-state index in [0.717, 1.165) is 15.5 Å². The minimum absolute atomic E-state index is 0.0289. The first-order valence-corrected chi connectivity index (χ1v) is 13.7. The number of hydrogen-bond acceptors (Lipinski definition) is 8. The molecule has 1 unspecified atom stereocenters. The van der Waals surface area contributed by atoms with Crippen LogP contribution in [0.4, 0.5) is 9.59 Å². The van der Waals surface area contributed by atoms with Crippen molar-refractivity contribution >= 4 is 47.8 Å². The van der Waals surface area contributed by atoms with Crippen molar-refractivity contribution in [2.75, 3.05) is 13.1 Å². The Morgan fingerprint density at radius 2 is 1.76 bits per heavy atom. The van der Waals surface area contributed by atoms with Gasteiger partial charge in [0.1, 0.15) is 29.2 Å². The number of nitrogens with zero attached hydrogens (tertiary/aromatic N) is 4. The monoisotopic (exact) mass is 580 g/mol. The molecule has 13 nitrogen and oxygen atoms in total. The second-order valence-corrected chi connectivity index (χ2v) is 12.0. The van der Waals surface area contributed by atoms with Gasteiger partial charge in [0.05, 0.1) is 19.3 Å². The quantitative estimate of drug-likeness (QED) is 0.282. The lowest BCUT2D eigenvalue weighted by molar-refractivity contribution is -0.161. The van der Waals surface area contributed by atoms with Crippen LogP contribution in [-0.4, -0.2) is 96.4 Å². The maximum atomic E-state index is 13.5. The van der Waals surface area contributed by atoms with Crippen LogP contribution in [0.1, 0.15) is 31.0 Å². The van der Waals surface area contributed by atoms with Gasteiger partial charge in [0, 0.05) is 4.75 Å². The van der Waals surface area contributed by atoms with E-state index in [0.29, 0.717) is 5.56 Å². The van der Waals surface area contributed by atoms with E-state index >= 15 is 0 Å². The molecule has 0 bridgehead atoms. The summed E-state index contributed by atoms with van der Waals surface area (Å²) in [6.07, 6.45) is 1.50. The van der Waals surface area contributed by atoms with Gasteiger partial charge in [-0.3, -0.25) is 9.59 Å². The number of urea groups is 2. The van der Waals surface area contributed by atoms with Gasteiger partial charge in [-0.2, -0.15) is 5.10 Å². The van der Waals surface area contributed by atoms with Crippen LogP contribution in [0.5, 0.6) is 5.75 Å². The molecular weight excluding hydrogens is 552 g/mol. The number of fused-ring (bicyclic) bond motifs is 1. The number of phenols is 1. The van der Waals surface area contributed by atoms with E-state index in [2.05, 4.69) is 15.7 Å². The van der Waals surface area contributed by atoms with Crippen molar-refractivity contribution in [1.82, 2.24) is 25.4 Å². The zero-order valence-corrected chi connectivity index (χ0v) is 22.9. The molecule has 6 amide bonds. The van der Waals surface area contributed by atoms with Crippen LogP contribution in [0.3, 0.4) is 0 Å². The van der Waals surface area contributed by atoms with E-state index in [-0.39, 0.29) is 18.8 Å². The Bertz CT molecular complexity index is 1420. The summed E-state index contributed by atoms with van der Waals surface area (Å²) >= 11 is 1.27. The van der Waals surface area contributed by atoms with Crippen LogP contribution in [0.25, 0.3) is 0 Å². The molecule has 2 aromatic carbocycles. The number of carbonyl (C=O) groups excluding carboxylic acids is 4. The fourth-order valence-electron chi connectivity index (χ4n) is 5.05. The summed E-state index contributed by atoms with van der Waals surface area (Å²) in [5.74, 6) is -2.46. The molecule has 0 spiro atoms. The number of aliphatic carboxylic acids is 1. The number of β-lactam (4-membered cyclic amide) rings is 1. The summed E-state index contributed by atoms with van der Waals surface area (Å²) in [5.41, 5.74) is 1.07. The number of imide groups is 1. The molecule has 0 aliphatic carbocycles. The fourth-order valence-corrected chi connectivity index (χ4v) is 6.67. The topological polar surface area (TPSA) is 172 Å². The molecule has 3 aliphatic heterocycles. The number of amides is 6. The normalized spacial score (nSPS) is 23.8. The molecule has 41 heavy (non-hydrogen) atoms. The van der Waals surface area contributed by atoms with Crippen LogP contribution in [0.15, 0.2) is 59.7 Å². The van der Waals surface area contributed by atoms with E-state index in [9.17, 15) is 34.2 Å². The largest absolute Gasteiger partial charge is 0.508 e. The van der Waals surface area contributed by atoms with Crippen LogP contribution in [-0.2, 0) is 14.4 Å². The predicted molar refractivity (Wildman–Crippen MR) is 148 cm³/mol. The smallest absolute Gasteiger partial charge is 0.348 e. The Kier molecular flexibility index (Phi) is 7.34. The summed E-state index contributed by atoms with van der Waals surface area (Å²) in [5, 5.41) is 29.3. The Hall–Kier alpha value is -4.59. The van der Waals surface area contributed by atoms with Crippen molar-refractivity contribution in [3.05, 3.63) is 65.7 Å². The first-order chi connectivity index (χ1) is 19.5. The highest BCUT2D eigenvalue weighted by atomic mass is 32.2. The third-order valence-electron chi connectivity index (χ3n) is 7.11. The van der Waals surface area contributed by atoms with Gasteiger partial charge >= 0.3 is 18.0 Å². The lowest BCUT2D eigenvalue weighted by atomic mass is 9.95. The number of rotatable bonds is 7. The number of hydrogen-bond donors (Lipinski definition) is 4. The van der Waals surface area contributed by atoms with Gasteiger partial charge in [-0.25, -0.2) is 24.3 Å². The van der Waals surface area contributed by atoms with Crippen molar-refractivity contribution in [3.8, 4) is 5.75 Å². The summed E-state index contributed by atoms with van der Waals surface area (Å²) in [6, 6.07) is 9.80. The summed E-state index contributed by atoms with van der Waals surface area (Å²) < 4.78 is -0.777. The van der Waals surface area contributed by atoms with Gasteiger partial charge < -0.3 is 25.7 Å². The summed E-state index contributed by atoms with van der Waals surface area (Å²) in [7, 11) is 0. The van der Waals surface area contributed by atoms with Gasteiger partial charge in [-0.15, -0.1) is 11.8 Å². The first-order valence-electron chi connectivity index (χ1n) is 12.8. The number of carbonyl (C=O) groups is 5. The number of benzene rings is 2. The SMILES string of the molecule is CC1(C)S[C@@H]2[C@H](NC(=O)C(NC(=O)N3CCN(N=Cc4ccccc4)C3=O)c3ccc(O)cc3)C(=O)N2[C@H]1C(=O)O. The third kappa shape index (κ3) is 5.29. The molecule has 3 fully saturated rings. The fraction of sp³-hybridized carbons (Fsp3) is 0.333. The maximum absolute atomic E-state index is 13.5. The lowest BCUT2D eigenvalue weighted by Gasteiger charge is -2.44. The molecule has 3 aliphatic rings. The molecule has 0 saturated carbocycles. The molecule has 5 rings (SSSR count). The average molecular weight is 581 g/mol. The number of carboxylic acids is 1. The van der Waals surface area contributed by atoms with Crippen LogP contribution in [0.2, 0.25) is 0 Å². The van der Waals surface area contributed by atoms with E-state index < -0.39 is 58.1 Å². The zero-order valence-electron chi connectivity index (χ0n) is 22.1. The molecule has 4 atom stereocenters. The van der Waals surface area contributed by atoms with Crippen LogP contribution in [0, 0.1) is 0 Å². The second kappa shape index (κ2) is 10.8. The number of phenolic OH excluding ortho intramolecular Hbond substituents is 1. The number of thioether (sulfide) groups is 1. The molecule has 14 heteroatoms. The summed E-state index contributed by atoms with van der Waals surface area (Å²) in [4.78, 5) is 66.4. The molecule has 4 N–H and O–H groups in total. The average Bonchev–Trinajstić information content (AvgIpc) is 3.44. The van der Waals surface area contributed by atoms with Crippen molar-refractivity contribution < 1.29 is 34.2 Å². The molecular formula is C27H28N6O7S. The van der Waals surface area contributed by atoms with Gasteiger partial charge in [-0.05, 0) is 37.1 Å². The van der Waals surface area contributed by atoms with E-state index in [1.807, 2.05) is 30.3 Å². The molecule has 3 heterocycles. The van der Waals surface area contributed by atoms with Crippen molar-refractivity contribution in [3.63, 3.8) is 0 Å². The highest BCUT2D eigenvalue weighted by molar-refractivity contribution is 8.01. The zero-order chi connectivity index (χ0) is 29.5. The second-order valence-electron chi connectivity index (χ2n) is 10.3. The van der Waals surface area contributed by atoms with E-state index in [1.54, 1.807) is 13.8 Å². The molecule has 3 saturated heterocycles. The molecule has 0 radical (unpaired) electrons. The Morgan fingerprint density at radius 3 is 2.41 bits per heavy atom. The lowest BCUT2D eigenvalue weighted by Crippen LogP contribution is -2.71. The minimum atomic E-state index is -1.32. The predicted octanol–water partition coefficient (Wildman–Crippen LogP) is 1.55. The van der Waals surface area contributed by atoms with Crippen LogP contribution >= 0.6 is 11.8 Å².